The fourth-order valence-electron chi connectivity index (χ4n) is 2.88. The van der Waals surface area contributed by atoms with Crippen LogP contribution in [0.15, 0.2) is 74.2 Å². The van der Waals surface area contributed by atoms with E-state index in [9.17, 15) is 13.2 Å². The summed E-state index contributed by atoms with van der Waals surface area (Å²) in [5.74, 6) is -0.366. The highest BCUT2D eigenvalue weighted by atomic mass is 35.5. The summed E-state index contributed by atoms with van der Waals surface area (Å²) in [5.41, 5.74) is 0.222. The molecule has 8 heteroatoms. The molecule has 0 saturated heterocycles. The molecule has 136 valence electrons. The van der Waals surface area contributed by atoms with Gasteiger partial charge < -0.3 is 0 Å². The Morgan fingerprint density at radius 3 is 2.22 bits per heavy atom. The predicted octanol–water partition coefficient (Wildman–Crippen LogP) is 6.18. The summed E-state index contributed by atoms with van der Waals surface area (Å²) in [6.07, 6.45) is 0. The number of sulfone groups is 1. The van der Waals surface area contributed by atoms with E-state index in [0.29, 0.717) is 19.8 Å². The van der Waals surface area contributed by atoms with Crippen LogP contribution in [0.2, 0.25) is 15.1 Å². The Morgan fingerprint density at radius 2 is 1.44 bits per heavy atom. The van der Waals surface area contributed by atoms with Gasteiger partial charge in [-0.2, -0.15) is 0 Å². The minimum absolute atomic E-state index is 0.00334. The Bertz CT molecular complexity index is 1220. The smallest absolute Gasteiger partial charge is 0.209 e. The molecule has 1 aliphatic heterocycles. The molecule has 4 rings (SSSR count). The van der Waals surface area contributed by atoms with Gasteiger partial charge in [-0.15, -0.1) is 0 Å². The van der Waals surface area contributed by atoms with Gasteiger partial charge in [0.2, 0.25) is 9.84 Å². The quantitative estimate of drug-likeness (QED) is 0.362. The van der Waals surface area contributed by atoms with Gasteiger partial charge in [-0.1, -0.05) is 64.8 Å². The summed E-state index contributed by atoms with van der Waals surface area (Å²) >= 11 is 19.9. The maximum absolute atomic E-state index is 13.1. The van der Waals surface area contributed by atoms with Crippen molar-refractivity contribution in [3.63, 3.8) is 0 Å². The molecule has 0 aliphatic carbocycles. The number of carbonyl (C=O) groups is 1. The van der Waals surface area contributed by atoms with Crippen molar-refractivity contribution in [1.82, 2.24) is 0 Å². The van der Waals surface area contributed by atoms with Gasteiger partial charge in [0, 0.05) is 20.9 Å². The molecule has 3 aromatic rings. The molecule has 1 aliphatic rings. The summed E-state index contributed by atoms with van der Waals surface area (Å²) < 4.78 is 26.2. The second kappa shape index (κ2) is 6.83. The van der Waals surface area contributed by atoms with Crippen molar-refractivity contribution in [2.75, 3.05) is 0 Å². The van der Waals surface area contributed by atoms with Gasteiger partial charge in [0.1, 0.15) is 4.90 Å². The first-order valence-electron chi connectivity index (χ1n) is 7.65. The van der Waals surface area contributed by atoms with E-state index in [0.717, 1.165) is 0 Å². The first-order chi connectivity index (χ1) is 12.8. The zero-order chi connectivity index (χ0) is 19.3. The third-order valence-electron chi connectivity index (χ3n) is 4.13. The number of hydrogen-bond donors (Lipinski definition) is 0. The maximum atomic E-state index is 13.1. The minimum atomic E-state index is -3.92. The van der Waals surface area contributed by atoms with Crippen molar-refractivity contribution < 1.29 is 13.2 Å². The molecule has 0 saturated carbocycles. The van der Waals surface area contributed by atoms with Gasteiger partial charge in [-0.25, -0.2) is 8.42 Å². The van der Waals surface area contributed by atoms with Crippen LogP contribution in [-0.4, -0.2) is 14.2 Å². The third kappa shape index (κ3) is 2.98. The number of hydrogen-bond acceptors (Lipinski definition) is 4. The monoisotopic (exact) mass is 454 g/mol. The molecule has 0 aromatic heterocycles. The van der Waals surface area contributed by atoms with Crippen LogP contribution in [0.1, 0.15) is 15.9 Å². The van der Waals surface area contributed by atoms with Gasteiger partial charge in [0.25, 0.3) is 0 Å². The number of carbonyl (C=O) groups excluding carboxylic acids is 1. The van der Waals surface area contributed by atoms with E-state index >= 15 is 0 Å². The number of benzene rings is 3. The van der Waals surface area contributed by atoms with Crippen LogP contribution in [0.3, 0.4) is 0 Å². The van der Waals surface area contributed by atoms with E-state index in [4.69, 9.17) is 34.8 Å². The molecule has 27 heavy (non-hydrogen) atoms. The second-order valence-electron chi connectivity index (χ2n) is 5.74. The standard InChI is InChI=1S/C19H9Cl3O3S2/c20-12-5-3-6-13(16(12)21)26-14-9-8-11-18(23)10-4-1-2-7-15(10)27(24,25)19(11)17(14)22/h1-9H. The van der Waals surface area contributed by atoms with Gasteiger partial charge in [0.05, 0.1) is 20.0 Å². The SMILES string of the molecule is O=C1c2ccccc2S(=O)(=O)c2c1ccc(Sc1cccc(Cl)c1Cl)c2Cl. The number of halogens is 3. The van der Waals surface area contributed by atoms with Crippen molar-refractivity contribution in [2.45, 2.75) is 19.6 Å². The molecule has 0 unspecified atom stereocenters. The van der Waals surface area contributed by atoms with E-state index in [2.05, 4.69) is 0 Å². The average Bonchev–Trinajstić information content (AvgIpc) is 2.65. The lowest BCUT2D eigenvalue weighted by Gasteiger charge is -2.21. The number of fused-ring (bicyclic) bond motifs is 2. The molecule has 0 spiro atoms. The Hall–Kier alpha value is -1.50. The fourth-order valence-corrected chi connectivity index (χ4v) is 6.64. The van der Waals surface area contributed by atoms with E-state index in [1.165, 1.54) is 30.0 Å². The minimum Gasteiger partial charge on any atom is -0.289 e. The lowest BCUT2D eigenvalue weighted by atomic mass is 10.0. The average molecular weight is 456 g/mol. The molecular weight excluding hydrogens is 447 g/mol. The van der Waals surface area contributed by atoms with Gasteiger partial charge in [-0.3, -0.25) is 4.79 Å². The molecule has 0 atom stereocenters. The Balaban J connectivity index is 1.90. The van der Waals surface area contributed by atoms with E-state index in [1.54, 1.807) is 36.4 Å². The van der Waals surface area contributed by atoms with Crippen molar-refractivity contribution in [3.05, 3.63) is 80.8 Å². The molecule has 3 nitrogen and oxygen atoms in total. The first-order valence-corrected chi connectivity index (χ1v) is 11.1. The van der Waals surface area contributed by atoms with Crippen LogP contribution >= 0.6 is 46.6 Å². The van der Waals surface area contributed by atoms with E-state index in [1.807, 2.05) is 0 Å². The topological polar surface area (TPSA) is 51.2 Å². The van der Waals surface area contributed by atoms with Gasteiger partial charge >= 0.3 is 0 Å². The van der Waals surface area contributed by atoms with E-state index in [-0.39, 0.29) is 31.7 Å². The maximum Gasteiger partial charge on any atom is 0.209 e. The highest BCUT2D eigenvalue weighted by molar-refractivity contribution is 7.99. The van der Waals surface area contributed by atoms with Crippen LogP contribution < -0.4 is 0 Å². The molecule has 1 heterocycles. The normalized spacial score (nSPS) is 14.6. The zero-order valence-electron chi connectivity index (χ0n) is 13.4. The molecule has 0 N–H and O–H groups in total. The highest BCUT2D eigenvalue weighted by Gasteiger charge is 2.37. The van der Waals surface area contributed by atoms with Gasteiger partial charge in [-0.05, 0) is 36.4 Å². The molecule has 0 bridgehead atoms. The largest absolute Gasteiger partial charge is 0.289 e. The van der Waals surface area contributed by atoms with Crippen LogP contribution in [-0.2, 0) is 9.84 Å². The third-order valence-corrected chi connectivity index (χ3v) is 8.70. The fraction of sp³-hybridized carbons (Fsp3) is 0. The van der Waals surface area contributed by atoms with Crippen molar-refractivity contribution in [3.8, 4) is 0 Å². The zero-order valence-corrected chi connectivity index (χ0v) is 17.3. The Morgan fingerprint density at radius 1 is 0.741 bits per heavy atom. The van der Waals surface area contributed by atoms with Crippen LogP contribution in [0, 0.1) is 0 Å². The lowest BCUT2D eigenvalue weighted by Crippen LogP contribution is -2.20. The molecule has 0 radical (unpaired) electrons. The molecule has 0 amide bonds. The summed E-state index contributed by atoms with van der Waals surface area (Å²) in [5, 5.41) is 0.728. The summed E-state index contributed by atoms with van der Waals surface area (Å²) in [7, 11) is -3.92. The summed E-state index contributed by atoms with van der Waals surface area (Å²) in [6.45, 7) is 0. The van der Waals surface area contributed by atoms with Gasteiger partial charge in [0.15, 0.2) is 5.78 Å². The first kappa shape index (κ1) is 18.8. The second-order valence-corrected chi connectivity index (χ2v) is 9.84. The molecule has 3 aromatic carbocycles. The molecule has 0 fully saturated rings. The Labute approximate surface area is 175 Å². The van der Waals surface area contributed by atoms with Crippen molar-refractivity contribution in [1.29, 1.82) is 0 Å². The van der Waals surface area contributed by atoms with Crippen molar-refractivity contribution >= 4 is 62.2 Å². The van der Waals surface area contributed by atoms with E-state index < -0.39 is 9.84 Å². The summed E-state index contributed by atoms with van der Waals surface area (Å²) in [4.78, 5) is 13.6. The highest BCUT2D eigenvalue weighted by Crippen LogP contribution is 2.45. The number of ketones is 1. The number of rotatable bonds is 2. The molecular formula is C19H9Cl3O3S2. The lowest BCUT2D eigenvalue weighted by molar-refractivity contribution is 0.103. The van der Waals surface area contributed by atoms with Crippen LogP contribution in [0.5, 0.6) is 0 Å². The van der Waals surface area contributed by atoms with Crippen molar-refractivity contribution in [2.24, 2.45) is 0 Å². The van der Waals surface area contributed by atoms with Crippen LogP contribution in [0.25, 0.3) is 0 Å². The van der Waals surface area contributed by atoms with Crippen LogP contribution in [0.4, 0.5) is 0 Å². The Kier molecular flexibility index (Phi) is 4.77. The predicted molar refractivity (Wildman–Crippen MR) is 107 cm³/mol. The summed E-state index contributed by atoms with van der Waals surface area (Å²) in [6, 6.07) is 14.4.